The number of nitrogens with zero attached hydrogens (tertiary/aromatic N) is 2. The van der Waals surface area contributed by atoms with E-state index in [1.165, 1.54) is 0 Å². The molecule has 6 nitrogen and oxygen atoms in total. The molecule has 0 saturated heterocycles. The first-order valence-corrected chi connectivity index (χ1v) is 8.96. The lowest BCUT2D eigenvalue weighted by Crippen LogP contribution is -2.41. The summed E-state index contributed by atoms with van der Waals surface area (Å²) >= 11 is 0. The first-order chi connectivity index (χ1) is 13.1. The van der Waals surface area contributed by atoms with Gasteiger partial charge in [-0.3, -0.25) is 4.68 Å². The van der Waals surface area contributed by atoms with Gasteiger partial charge in [0.25, 0.3) is 0 Å². The van der Waals surface area contributed by atoms with E-state index >= 15 is 0 Å². The molecule has 1 heterocycles. The molecule has 0 fully saturated rings. The van der Waals surface area contributed by atoms with E-state index in [0.717, 1.165) is 16.7 Å². The van der Waals surface area contributed by atoms with Gasteiger partial charge in [-0.2, -0.15) is 5.10 Å². The van der Waals surface area contributed by atoms with Crippen LogP contribution >= 0.6 is 0 Å². The molecule has 3 aromatic rings. The van der Waals surface area contributed by atoms with Crippen molar-refractivity contribution in [2.24, 2.45) is 0 Å². The number of benzene rings is 2. The van der Waals surface area contributed by atoms with Gasteiger partial charge in [0.1, 0.15) is 5.75 Å². The predicted molar refractivity (Wildman–Crippen MR) is 104 cm³/mol. The van der Waals surface area contributed by atoms with Crippen LogP contribution in [0.2, 0.25) is 0 Å². The van der Waals surface area contributed by atoms with Gasteiger partial charge in [-0.15, -0.1) is 0 Å². The van der Waals surface area contributed by atoms with Crippen LogP contribution in [-0.2, 0) is 19.5 Å². The number of phenolic OH excluding ortho intramolecular Hbond substituents is 1. The molecule has 140 valence electrons. The Bertz CT molecular complexity index is 860. The smallest absolute Gasteiger partial charge is 0.315 e. The van der Waals surface area contributed by atoms with Gasteiger partial charge < -0.3 is 15.7 Å². The number of amides is 2. The van der Waals surface area contributed by atoms with E-state index in [4.69, 9.17) is 0 Å². The third-order valence-electron chi connectivity index (χ3n) is 4.31. The second kappa shape index (κ2) is 8.89. The molecule has 27 heavy (non-hydrogen) atoms. The number of aromatic hydroxyl groups is 1. The van der Waals surface area contributed by atoms with E-state index in [2.05, 4.69) is 15.7 Å². The summed E-state index contributed by atoms with van der Waals surface area (Å²) in [6, 6.07) is 16.7. The van der Waals surface area contributed by atoms with E-state index in [-0.39, 0.29) is 17.8 Å². The minimum absolute atomic E-state index is 0.0196. The number of rotatable bonds is 7. The van der Waals surface area contributed by atoms with Gasteiger partial charge in [0.2, 0.25) is 0 Å². The van der Waals surface area contributed by atoms with Gasteiger partial charge >= 0.3 is 6.03 Å². The van der Waals surface area contributed by atoms with Crippen LogP contribution in [0, 0.1) is 0 Å². The maximum Gasteiger partial charge on any atom is 0.315 e. The number of carbonyl (C=O) groups is 1. The summed E-state index contributed by atoms with van der Waals surface area (Å²) in [5, 5.41) is 19.4. The number of urea groups is 1. The lowest BCUT2D eigenvalue weighted by atomic mass is 10.1. The van der Waals surface area contributed by atoms with Gasteiger partial charge in [-0.1, -0.05) is 36.4 Å². The fraction of sp³-hybridized carbons (Fsp3) is 0.238. The van der Waals surface area contributed by atoms with Gasteiger partial charge in [0, 0.05) is 25.0 Å². The minimum atomic E-state index is -0.199. The third kappa shape index (κ3) is 5.60. The largest absolute Gasteiger partial charge is 0.508 e. The van der Waals surface area contributed by atoms with E-state index in [1.54, 1.807) is 18.3 Å². The van der Waals surface area contributed by atoms with Crippen molar-refractivity contribution in [2.75, 3.05) is 0 Å². The highest BCUT2D eigenvalue weighted by Gasteiger charge is 2.09. The number of phenols is 1. The van der Waals surface area contributed by atoms with Crippen molar-refractivity contribution in [3.63, 3.8) is 0 Å². The van der Waals surface area contributed by atoms with Crippen LogP contribution < -0.4 is 10.6 Å². The molecule has 0 spiro atoms. The van der Waals surface area contributed by atoms with E-state index in [1.807, 2.05) is 60.3 Å². The fourth-order valence-corrected chi connectivity index (χ4v) is 2.94. The number of hydrogen-bond donors (Lipinski definition) is 3. The fourth-order valence-electron chi connectivity index (χ4n) is 2.94. The van der Waals surface area contributed by atoms with Crippen LogP contribution in [0.25, 0.3) is 0 Å². The van der Waals surface area contributed by atoms with Crippen molar-refractivity contribution in [1.82, 2.24) is 20.4 Å². The molecule has 1 atom stereocenters. The zero-order valence-electron chi connectivity index (χ0n) is 15.3. The van der Waals surface area contributed by atoms with E-state index < -0.39 is 0 Å². The van der Waals surface area contributed by atoms with Crippen LogP contribution in [0.5, 0.6) is 5.75 Å². The summed E-state index contributed by atoms with van der Waals surface area (Å²) in [6.07, 6.45) is 4.37. The van der Waals surface area contributed by atoms with Gasteiger partial charge in [-0.25, -0.2) is 4.79 Å². The highest BCUT2D eigenvalue weighted by molar-refractivity contribution is 5.74. The highest BCUT2D eigenvalue weighted by Crippen LogP contribution is 2.12. The van der Waals surface area contributed by atoms with Crippen LogP contribution in [0.15, 0.2) is 67.0 Å². The second-order valence-corrected chi connectivity index (χ2v) is 6.57. The first kappa shape index (κ1) is 18.5. The zero-order valence-corrected chi connectivity index (χ0v) is 15.3. The lowest BCUT2D eigenvalue weighted by Gasteiger charge is -2.16. The molecule has 0 bridgehead atoms. The molecule has 0 aliphatic carbocycles. The molecule has 3 N–H and O–H groups in total. The molecular weight excluding hydrogens is 340 g/mol. The molecule has 3 rings (SSSR count). The Labute approximate surface area is 158 Å². The average Bonchev–Trinajstić information content (AvgIpc) is 3.16. The molecule has 6 heteroatoms. The molecule has 0 aliphatic rings. The summed E-state index contributed by atoms with van der Waals surface area (Å²) in [6.45, 7) is 3.08. The van der Waals surface area contributed by atoms with Crippen molar-refractivity contribution >= 4 is 6.03 Å². The van der Waals surface area contributed by atoms with Crippen molar-refractivity contribution in [3.05, 3.63) is 83.7 Å². The summed E-state index contributed by atoms with van der Waals surface area (Å²) < 4.78 is 1.86. The third-order valence-corrected chi connectivity index (χ3v) is 4.31. The highest BCUT2D eigenvalue weighted by atomic mass is 16.3. The van der Waals surface area contributed by atoms with E-state index in [0.29, 0.717) is 19.5 Å². The van der Waals surface area contributed by atoms with Crippen LogP contribution in [0.3, 0.4) is 0 Å². The molecular formula is C21H24N4O2. The molecule has 1 aromatic heterocycles. The van der Waals surface area contributed by atoms with Gasteiger partial charge in [-0.05, 0) is 48.2 Å². The van der Waals surface area contributed by atoms with Crippen molar-refractivity contribution < 1.29 is 9.90 Å². The Morgan fingerprint density at radius 2 is 1.85 bits per heavy atom. The standard InChI is InChI=1S/C21H24N4O2/c1-16(13-17-7-9-20(26)10-8-17)24-21(27)22-14-18-5-2-3-6-19(18)15-25-12-4-11-23-25/h2-12,16,26H,13-15H2,1H3,(H2,22,24,27). The van der Waals surface area contributed by atoms with Crippen LogP contribution in [0.4, 0.5) is 4.79 Å². The maximum atomic E-state index is 12.2. The number of nitrogens with one attached hydrogen (secondary N) is 2. The Balaban J connectivity index is 1.51. The summed E-state index contributed by atoms with van der Waals surface area (Å²) in [5.41, 5.74) is 3.25. The molecule has 0 radical (unpaired) electrons. The van der Waals surface area contributed by atoms with E-state index in [9.17, 15) is 9.90 Å². The minimum Gasteiger partial charge on any atom is -0.508 e. The quantitative estimate of drug-likeness (QED) is 0.603. The molecule has 2 amide bonds. The van der Waals surface area contributed by atoms with Crippen molar-refractivity contribution in [3.8, 4) is 5.75 Å². The Morgan fingerprint density at radius 1 is 1.11 bits per heavy atom. The summed E-state index contributed by atoms with van der Waals surface area (Å²) in [7, 11) is 0. The van der Waals surface area contributed by atoms with Crippen LogP contribution in [-0.4, -0.2) is 27.0 Å². The Morgan fingerprint density at radius 3 is 2.56 bits per heavy atom. The van der Waals surface area contributed by atoms with Gasteiger partial charge in [0.05, 0.1) is 6.54 Å². The molecule has 0 saturated carbocycles. The number of carbonyl (C=O) groups excluding carboxylic acids is 1. The topological polar surface area (TPSA) is 79.2 Å². The Kier molecular flexibility index (Phi) is 6.10. The second-order valence-electron chi connectivity index (χ2n) is 6.57. The summed E-state index contributed by atoms with van der Waals surface area (Å²) in [5.74, 6) is 0.242. The van der Waals surface area contributed by atoms with Crippen molar-refractivity contribution in [2.45, 2.75) is 32.5 Å². The predicted octanol–water partition coefficient (Wildman–Crippen LogP) is 3.07. The SMILES string of the molecule is CC(Cc1ccc(O)cc1)NC(=O)NCc1ccccc1Cn1cccn1. The first-order valence-electron chi connectivity index (χ1n) is 8.96. The lowest BCUT2D eigenvalue weighted by molar-refractivity contribution is 0.237. The Hall–Kier alpha value is -3.28. The molecule has 1 unspecified atom stereocenters. The molecule has 0 aliphatic heterocycles. The van der Waals surface area contributed by atoms with Crippen LogP contribution in [0.1, 0.15) is 23.6 Å². The maximum absolute atomic E-state index is 12.2. The monoisotopic (exact) mass is 364 g/mol. The van der Waals surface area contributed by atoms with Crippen molar-refractivity contribution in [1.29, 1.82) is 0 Å². The number of hydrogen-bond acceptors (Lipinski definition) is 3. The normalized spacial score (nSPS) is 11.7. The average molecular weight is 364 g/mol. The van der Waals surface area contributed by atoms with Gasteiger partial charge in [0.15, 0.2) is 0 Å². The zero-order chi connectivity index (χ0) is 19.1. The molecule has 2 aromatic carbocycles. The number of aromatic nitrogens is 2. The summed E-state index contributed by atoms with van der Waals surface area (Å²) in [4.78, 5) is 12.2.